The van der Waals surface area contributed by atoms with Crippen LogP contribution >= 0.6 is 0 Å². The van der Waals surface area contributed by atoms with E-state index in [0.717, 1.165) is 31.2 Å². The number of aromatic nitrogens is 1. The number of hydrogen-bond donors (Lipinski definition) is 2. The van der Waals surface area contributed by atoms with Gasteiger partial charge in [-0.15, -0.1) is 0 Å². The minimum Gasteiger partial charge on any atom is -0.355 e. The molecule has 2 aromatic rings. The molecule has 0 atom stereocenters. The fourth-order valence-corrected chi connectivity index (χ4v) is 4.80. The van der Waals surface area contributed by atoms with Crippen molar-refractivity contribution in [3.8, 4) is 11.3 Å². The van der Waals surface area contributed by atoms with Crippen LogP contribution in [-0.4, -0.2) is 52.1 Å². The summed E-state index contributed by atoms with van der Waals surface area (Å²) in [5.74, 6) is 0.0496. The van der Waals surface area contributed by atoms with Gasteiger partial charge in [0.15, 0.2) is 11.5 Å². The molecule has 0 radical (unpaired) electrons. The molecule has 0 unspecified atom stereocenters. The first-order chi connectivity index (χ1) is 15.1. The summed E-state index contributed by atoms with van der Waals surface area (Å²) in [4.78, 5) is 27.7. The van der Waals surface area contributed by atoms with E-state index < -0.39 is 5.91 Å². The van der Waals surface area contributed by atoms with E-state index in [2.05, 4.69) is 50.4 Å². The second-order valence-corrected chi connectivity index (χ2v) is 10.0. The average molecular weight is 441 g/mol. The topological polar surface area (TPSA) is 87.5 Å². The molecule has 0 bridgehead atoms. The number of hydrogen-bond acceptors (Lipinski definition) is 5. The van der Waals surface area contributed by atoms with Crippen LogP contribution in [0.15, 0.2) is 40.9 Å². The largest absolute Gasteiger partial charge is 0.355 e. The number of nitrogens with one attached hydrogen (secondary N) is 2. The molecule has 2 heterocycles. The Morgan fingerprint density at radius 2 is 1.81 bits per heavy atom. The number of benzene rings is 1. The Balaban J connectivity index is 1.65. The molecule has 1 saturated heterocycles. The highest BCUT2D eigenvalue weighted by molar-refractivity contribution is 5.95. The van der Waals surface area contributed by atoms with Gasteiger partial charge in [-0.2, -0.15) is 0 Å². The maximum absolute atomic E-state index is 13.2. The van der Waals surface area contributed by atoms with Crippen molar-refractivity contribution in [2.24, 2.45) is 0 Å². The average Bonchev–Trinajstić information content (AvgIpc) is 3.21. The monoisotopic (exact) mass is 440 g/mol. The molecule has 1 aliphatic rings. The van der Waals surface area contributed by atoms with Crippen LogP contribution in [0.1, 0.15) is 70.8 Å². The highest BCUT2D eigenvalue weighted by Gasteiger charge is 2.41. The lowest BCUT2D eigenvalue weighted by Crippen LogP contribution is -2.63. The lowest BCUT2D eigenvalue weighted by atomic mass is 9.79. The summed E-state index contributed by atoms with van der Waals surface area (Å²) in [6.07, 6.45) is 3.70. The number of carbonyl (C=O) groups is 2. The molecule has 3 rings (SSSR count). The number of carbonyl (C=O) groups excluding carboxylic acids is 2. The van der Waals surface area contributed by atoms with Crippen molar-refractivity contribution in [1.82, 2.24) is 20.7 Å². The molecule has 174 valence electrons. The van der Waals surface area contributed by atoms with Gasteiger partial charge in [0.05, 0.1) is 6.54 Å². The lowest BCUT2D eigenvalue weighted by molar-refractivity contribution is -0.134. The molecule has 0 aliphatic carbocycles. The SMILES string of the molecule is CCCCN(C(=O)CNC(=O)c1cc(-c2ccccc2)on1)C1CC(C)(C)NC(C)(C)C1. The van der Waals surface area contributed by atoms with Crippen molar-refractivity contribution in [2.75, 3.05) is 13.1 Å². The van der Waals surface area contributed by atoms with E-state index in [4.69, 9.17) is 4.52 Å². The standard InChI is InChI=1S/C25H36N4O3/c1-6-7-13-29(19-15-24(2,3)28-25(4,5)16-19)22(30)17-26-23(31)20-14-21(32-27-20)18-11-9-8-10-12-18/h8-12,14,19,28H,6-7,13,15-17H2,1-5H3,(H,26,31). The van der Waals surface area contributed by atoms with E-state index in [0.29, 0.717) is 12.3 Å². The molecule has 32 heavy (non-hydrogen) atoms. The van der Waals surface area contributed by atoms with E-state index in [1.165, 1.54) is 0 Å². The molecular formula is C25H36N4O3. The van der Waals surface area contributed by atoms with Crippen LogP contribution in [0.4, 0.5) is 0 Å². The van der Waals surface area contributed by atoms with Gasteiger partial charge >= 0.3 is 0 Å². The van der Waals surface area contributed by atoms with E-state index in [1.807, 2.05) is 35.2 Å². The van der Waals surface area contributed by atoms with Crippen LogP contribution in [0.25, 0.3) is 11.3 Å². The minimum atomic E-state index is -0.411. The molecule has 2 N–H and O–H groups in total. The van der Waals surface area contributed by atoms with Crippen molar-refractivity contribution in [3.05, 3.63) is 42.1 Å². The highest BCUT2D eigenvalue weighted by atomic mass is 16.5. The predicted octanol–water partition coefficient (Wildman–Crippen LogP) is 4.01. The maximum Gasteiger partial charge on any atom is 0.273 e. The number of nitrogens with zero attached hydrogens (tertiary/aromatic N) is 2. The van der Waals surface area contributed by atoms with Crippen molar-refractivity contribution in [1.29, 1.82) is 0 Å². The Labute approximate surface area is 190 Å². The van der Waals surface area contributed by atoms with Gasteiger partial charge in [0.1, 0.15) is 0 Å². The van der Waals surface area contributed by atoms with Crippen LogP contribution in [0.3, 0.4) is 0 Å². The zero-order valence-electron chi connectivity index (χ0n) is 19.9. The molecule has 0 saturated carbocycles. The second-order valence-electron chi connectivity index (χ2n) is 10.0. The second kappa shape index (κ2) is 9.86. The van der Waals surface area contributed by atoms with Gasteiger partial charge in [-0.1, -0.05) is 48.8 Å². The van der Waals surface area contributed by atoms with Gasteiger partial charge in [-0.3, -0.25) is 9.59 Å². The fraction of sp³-hybridized carbons (Fsp3) is 0.560. The third-order valence-electron chi connectivity index (χ3n) is 5.88. The maximum atomic E-state index is 13.2. The van der Waals surface area contributed by atoms with Crippen LogP contribution in [0.2, 0.25) is 0 Å². The minimum absolute atomic E-state index is 0.0547. The van der Waals surface area contributed by atoms with Crippen molar-refractivity contribution >= 4 is 11.8 Å². The first kappa shape index (κ1) is 24.0. The number of amides is 2. The predicted molar refractivity (Wildman–Crippen MR) is 125 cm³/mol. The molecule has 1 aromatic heterocycles. The Hall–Kier alpha value is -2.67. The Morgan fingerprint density at radius 3 is 2.44 bits per heavy atom. The van der Waals surface area contributed by atoms with Gasteiger partial charge in [0.25, 0.3) is 5.91 Å². The number of piperidine rings is 1. The quantitative estimate of drug-likeness (QED) is 0.648. The zero-order chi connectivity index (χ0) is 23.4. The van der Waals surface area contributed by atoms with Gasteiger partial charge in [0.2, 0.25) is 5.91 Å². The van der Waals surface area contributed by atoms with E-state index in [1.54, 1.807) is 6.07 Å². The third-order valence-corrected chi connectivity index (χ3v) is 5.88. The molecule has 1 aromatic carbocycles. The Bertz CT molecular complexity index is 904. The Morgan fingerprint density at radius 1 is 1.16 bits per heavy atom. The van der Waals surface area contributed by atoms with Crippen molar-refractivity contribution < 1.29 is 14.1 Å². The smallest absolute Gasteiger partial charge is 0.273 e. The van der Waals surface area contributed by atoms with E-state index in [9.17, 15) is 9.59 Å². The summed E-state index contributed by atoms with van der Waals surface area (Å²) < 4.78 is 5.31. The number of unbranched alkanes of at least 4 members (excludes halogenated alkanes) is 1. The first-order valence-electron chi connectivity index (χ1n) is 11.5. The zero-order valence-corrected chi connectivity index (χ0v) is 19.9. The first-order valence-corrected chi connectivity index (χ1v) is 11.5. The molecule has 2 amide bonds. The van der Waals surface area contributed by atoms with Gasteiger partial charge in [-0.05, 0) is 47.0 Å². The van der Waals surface area contributed by atoms with Crippen LogP contribution in [0, 0.1) is 0 Å². The van der Waals surface area contributed by atoms with Crippen LogP contribution in [0.5, 0.6) is 0 Å². The van der Waals surface area contributed by atoms with Gasteiger partial charge in [0, 0.05) is 35.3 Å². The molecule has 1 fully saturated rings. The summed E-state index contributed by atoms with van der Waals surface area (Å²) >= 11 is 0. The van der Waals surface area contributed by atoms with E-state index in [-0.39, 0.29) is 35.3 Å². The molecule has 7 heteroatoms. The summed E-state index contributed by atoms with van der Waals surface area (Å²) in [7, 11) is 0. The molecular weight excluding hydrogens is 404 g/mol. The summed E-state index contributed by atoms with van der Waals surface area (Å²) in [6.45, 7) is 11.5. The van der Waals surface area contributed by atoms with Crippen molar-refractivity contribution in [2.45, 2.75) is 77.4 Å². The fourth-order valence-electron chi connectivity index (χ4n) is 4.80. The van der Waals surface area contributed by atoms with Crippen molar-refractivity contribution in [3.63, 3.8) is 0 Å². The summed E-state index contributed by atoms with van der Waals surface area (Å²) in [5, 5.41) is 10.3. The Kier molecular flexibility index (Phi) is 7.39. The van der Waals surface area contributed by atoms with Gasteiger partial charge < -0.3 is 20.1 Å². The van der Waals surface area contributed by atoms with Gasteiger partial charge in [-0.25, -0.2) is 0 Å². The summed E-state index contributed by atoms with van der Waals surface area (Å²) in [6, 6.07) is 11.2. The summed E-state index contributed by atoms with van der Waals surface area (Å²) in [5.41, 5.74) is 0.891. The third kappa shape index (κ3) is 6.19. The normalized spacial score (nSPS) is 17.7. The van der Waals surface area contributed by atoms with E-state index >= 15 is 0 Å². The molecule has 1 aliphatic heterocycles. The lowest BCUT2D eigenvalue weighted by Gasteiger charge is -2.49. The molecule has 0 spiro atoms. The highest BCUT2D eigenvalue weighted by Crippen LogP contribution is 2.32. The molecule has 7 nitrogen and oxygen atoms in total. The number of rotatable bonds is 8. The van der Waals surface area contributed by atoms with Crippen LogP contribution in [-0.2, 0) is 4.79 Å². The van der Waals surface area contributed by atoms with Crippen LogP contribution < -0.4 is 10.6 Å².